The van der Waals surface area contributed by atoms with E-state index in [1.165, 1.54) is 26.3 Å². The molecule has 0 saturated heterocycles. The molecule has 3 fully saturated rings. The highest BCUT2D eigenvalue weighted by atomic mass is 19.3. The molecule has 1 heterocycles. The van der Waals surface area contributed by atoms with Gasteiger partial charge in [-0.15, -0.1) is 0 Å². The lowest BCUT2D eigenvalue weighted by atomic mass is 9.80. The Morgan fingerprint density at radius 1 is 1.16 bits per heavy atom. The Labute approximate surface area is 145 Å². The van der Waals surface area contributed by atoms with Gasteiger partial charge in [0.05, 0.1) is 0 Å². The monoisotopic (exact) mass is 355 g/mol. The van der Waals surface area contributed by atoms with Crippen LogP contribution in [0.2, 0.25) is 0 Å². The van der Waals surface area contributed by atoms with Gasteiger partial charge in [0.25, 0.3) is 12.3 Å². The maximum absolute atomic E-state index is 14.1. The van der Waals surface area contributed by atoms with E-state index < -0.39 is 29.5 Å². The molecule has 138 valence electrons. The fourth-order valence-corrected chi connectivity index (χ4v) is 4.77. The van der Waals surface area contributed by atoms with Crippen LogP contribution in [0.1, 0.15) is 67.4 Å². The SMILES string of the molecule is Cn1nc(C(F)F)c(C(=O)NC2CCCCC2C2CC2C2CC2)c1F. The van der Waals surface area contributed by atoms with Gasteiger partial charge in [0.15, 0.2) is 0 Å². The first-order valence-corrected chi connectivity index (χ1v) is 9.28. The average molecular weight is 355 g/mol. The lowest BCUT2D eigenvalue weighted by Gasteiger charge is -2.33. The molecule has 4 nitrogen and oxygen atoms in total. The Bertz CT molecular complexity index is 671. The summed E-state index contributed by atoms with van der Waals surface area (Å²) in [6.45, 7) is 0. The molecule has 4 rings (SSSR count). The van der Waals surface area contributed by atoms with E-state index in [0.717, 1.165) is 37.5 Å². The second-order valence-corrected chi connectivity index (χ2v) is 7.90. The number of rotatable bonds is 5. The molecule has 3 aliphatic carbocycles. The highest BCUT2D eigenvalue weighted by molar-refractivity contribution is 5.95. The van der Waals surface area contributed by atoms with E-state index in [4.69, 9.17) is 0 Å². The Kier molecular flexibility index (Phi) is 4.28. The van der Waals surface area contributed by atoms with Crippen molar-refractivity contribution in [3.8, 4) is 0 Å². The second kappa shape index (κ2) is 6.32. The zero-order valence-corrected chi connectivity index (χ0v) is 14.4. The number of aromatic nitrogens is 2. The molecular formula is C18H24F3N3O. The van der Waals surface area contributed by atoms with E-state index >= 15 is 0 Å². The Balaban J connectivity index is 1.49. The smallest absolute Gasteiger partial charge is 0.283 e. The number of nitrogens with zero attached hydrogens (tertiary/aromatic N) is 2. The van der Waals surface area contributed by atoms with Gasteiger partial charge in [-0.1, -0.05) is 12.8 Å². The van der Waals surface area contributed by atoms with Crippen molar-refractivity contribution in [2.45, 2.75) is 57.4 Å². The zero-order valence-electron chi connectivity index (χ0n) is 14.4. The number of carbonyl (C=O) groups excluding carboxylic acids is 1. The minimum atomic E-state index is -2.97. The molecule has 3 saturated carbocycles. The maximum atomic E-state index is 14.1. The molecule has 4 unspecified atom stereocenters. The van der Waals surface area contributed by atoms with Crippen LogP contribution in [-0.4, -0.2) is 21.7 Å². The van der Waals surface area contributed by atoms with Gasteiger partial charge in [-0.3, -0.25) is 4.79 Å². The lowest BCUT2D eigenvalue weighted by molar-refractivity contribution is 0.0878. The quantitative estimate of drug-likeness (QED) is 0.873. The van der Waals surface area contributed by atoms with Crippen molar-refractivity contribution in [3.63, 3.8) is 0 Å². The van der Waals surface area contributed by atoms with Crippen LogP contribution in [0.5, 0.6) is 0 Å². The van der Waals surface area contributed by atoms with E-state index in [1.807, 2.05) is 0 Å². The van der Waals surface area contributed by atoms with Gasteiger partial charge in [0, 0.05) is 13.1 Å². The molecule has 0 bridgehead atoms. The molecule has 0 aliphatic heterocycles. The molecule has 7 heteroatoms. The summed E-state index contributed by atoms with van der Waals surface area (Å²) in [6, 6.07) is -0.0415. The summed E-state index contributed by atoms with van der Waals surface area (Å²) in [4.78, 5) is 12.6. The van der Waals surface area contributed by atoms with Crippen molar-refractivity contribution in [2.24, 2.45) is 30.7 Å². The topological polar surface area (TPSA) is 46.9 Å². The number of aryl methyl sites for hydroxylation is 1. The summed E-state index contributed by atoms with van der Waals surface area (Å²) in [5.74, 6) is 0.951. The Morgan fingerprint density at radius 2 is 1.88 bits per heavy atom. The van der Waals surface area contributed by atoms with E-state index in [0.29, 0.717) is 16.5 Å². The van der Waals surface area contributed by atoms with Crippen molar-refractivity contribution in [1.29, 1.82) is 0 Å². The summed E-state index contributed by atoms with van der Waals surface area (Å²) in [5.41, 5.74) is -1.37. The fraction of sp³-hybridized carbons (Fsp3) is 0.778. The number of carbonyl (C=O) groups is 1. The summed E-state index contributed by atoms with van der Waals surface area (Å²) < 4.78 is 41.0. The largest absolute Gasteiger partial charge is 0.349 e. The molecule has 25 heavy (non-hydrogen) atoms. The number of nitrogens with one attached hydrogen (secondary N) is 1. The zero-order chi connectivity index (χ0) is 17.7. The molecule has 4 atom stereocenters. The predicted octanol–water partition coefficient (Wildman–Crippen LogP) is 3.83. The number of amides is 1. The Hall–Kier alpha value is -1.53. The van der Waals surface area contributed by atoms with Crippen LogP contribution in [0.15, 0.2) is 0 Å². The van der Waals surface area contributed by atoms with Gasteiger partial charge in [0.1, 0.15) is 11.3 Å². The maximum Gasteiger partial charge on any atom is 0.283 e. The van der Waals surface area contributed by atoms with Gasteiger partial charge in [-0.05, 0) is 55.8 Å². The molecule has 0 radical (unpaired) electrons. The first-order valence-electron chi connectivity index (χ1n) is 9.28. The molecule has 1 amide bonds. The molecule has 1 aromatic heterocycles. The van der Waals surface area contributed by atoms with Crippen LogP contribution in [-0.2, 0) is 7.05 Å². The van der Waals surface area contributed by atoms with Gasteiger partial charge in [-0.2, -0.15) is 9.49 Å². The average Bonchev–Trinajstić information content (AvgIpc) is 3.46. The fourth-order valence-electron chi connectivity index (χ4n) is 4.77. The summed E-state index contributed by atoms with van der Waals surface area (Å²) in [5, 5.41) is 6.33. The van der Waals surface area contributed by atoms with Crippen LogP contribution >= 0.6 is 0 Å². The highest BCUT2D eigenvalue weighted by Gasteiger charge is 2.52. The minimum absolute atomic E-state index is 0.0415. The first kappa shape index (κ1) is 16.9. The van der Waals surface area contributed by atoms with Crippen LogP contribution < -0.4 is 5.32 Å². The van der Waals surface area contributed by atoms with Crippen LogP contribution in [0.25, 0.3) is 0 Å². The molecule has 0 aromatic carbocycles. The Morgan fingerprint density at radius 3 is 2.56 bits per heavy atom. The number of alkyl halides is 2. The van der Waals surface area contributed by atoms with Crippen molar-refractivity contribution in [1.82, 2.24) is 15.1 Å². The number of hydrogen-bond donors (Lipinski definition) is 1. The van der Waals surface area contributed by atoms with E-state index in [9.17, 15) is 18.0 Å². The highest BCUT2D eigenvalue weighted by Crippen LogP contribution is 2.59. The standard InChI is InChI=1S/C18H24F3N3O/c1-24-17(21)14(15(23-24)16(19)20)18(25)22-13-5-3-2-4-10(13)12-8-11(12)9-6-7-9/h9-13,16H,2-8H2,1H3,(H,22,25). The normalized spacial score (nSPS) is 32.0. The first-order chi connectivity index (χ1) is 12.0. The number of hydrogen-bond acceptors (Lipinski definition) is 2. The van der Waals surface area contributed by atoms with Crippen molar-refractivity contribution in [3.05, 3.63) is 17.2 Å². The van der Waals surface area contributed by atoms with Gasteiger partial charge in [0.2, 0.25) is 5.95 Å². The van der Waals surface area contributed by atoms with Crippen LogP contribution in [0, 0.1) is 29.6 Å². The second-order valence-electron chi connectivity index (χ2n) is 7.90. The van der Waals surface area contributed by atoms with Crippen molar-refractivity contribution >= 4 is 5.91 Å². The van der Waals surface area contributed by atoms with E-state index in [2.05, 4.69) is 10.4 Å². The van der Waals surface area contributed by atoms with Gasteiger partial charge >= 0.3 is 0 Å². The van der Waals surface area contributed by atoms with E-state index in [1.54, 1.807) is 0 Å². The molecule has 1 aromatic rings. The minimum Gasteiger partial charge on any atom is -0.349 e. The van der Waals surface area contributed by atoms with Crippen LogP contribution in [0.4, 0.5) is 13.2 Å². The van der Waals surface area contributed by atoms with E-state index in [-0.39, 0.29) is 6.04 Å². The number of halogens is 3. The molecule has 1 N–H and O–H groups in total. The molecular weight excluding hydrogens is 331 g/mol. The van der Waals surface area contributed by atoms with Crippen molar-refractivity contribution < 1.29 is 18.0 Å². The lowest BCUT2D eigenvalue weighted by Crippen LogP contribution is -2.43. The van der Waals surface area contributed by atoms with Gasteiger partial charge in [-0.25, -0.2) is 13.5 Å². The van der Waals surface area contributed by atoms with Crippen LogP contribution in [0.3, 0.4) is 0 Å². The molecule has 3 aliphatic rings. The summed E-state index contributed by atoms with van der Waals surface area (Å²) in [6.07, 6.45) is 4.97. The molecule has 0 spiro atoms. The summed E-state index contributed by atoms with van der Waals surface area (Å²) >= 11 is 0. The van der Waals surface area contributed by atoms with Gasteiger partial charge < -0.3 is 5.32 Å². The van der Waals surface area contributed by atoms with Crippen molar-refractivity contribution in [2.75, 3.05) is 0 Å². The predicted molar refractivity (Wildman–Crippen MR) is 85.7 cm³/mol. The third-order valence-electron chi connectivity index (χ3n) is 6.24. The summed E-state index contributed by atoms with van der Waals surface area (Å²) in [7, 11) is 1.23. The third kappa shape index (κ3) is 3.17. The third-order valence-corrected chi connectivity index (χ3v) is 6.24.